The van der Waals surface area contributed by atoms with Gasteiger partial charge in [-0.15, -0.1) is 0 Å². The highest BCUT2D eigenvalue weighted by Gasteiger charge is 2.55. The number of rotatable bonds is 10. The standard InChI is InChI=1S/C22H44O4Si/c1-9-10-11-12-13-14-15-16-19-22(23,20(24-6)18(2)17-25-19)26-27(7,8)21(3,4)5/h15-16,18-20,23H,9-14,17H2,1-8H3/b16-15-/t18-,19-,20-,22-/m0/s1. The maximum Gasteiger partial charge on any atom is 0.214 e. The zero-order chi connectivity index (χ0) is 20.7. The molecule has 1 aliphatic heterocycles. The summed E-state index contributed by atoms with van der Waals surface area (Å²) < 4.78 is 18.3. The number of hydrogen-bond acceptors (Lipinski definition) is 4. The number of unbranched alkanes of at least 4 members (excludes halogenated alkanes) is 5. The third kappa shape index (κ3) is 6.67. The Hall–Kier alpha value is -0.203. The fraction of sp³-hybridized carbons (Fsp3) is 0.909. The highest BCUT2D eigenvalue weighted by molar-refractivity contribution is 6.74. The van der Waals surface area contributed by atoms with Gasteiger partial charge in [0.1, 0.15) is 12.2 Å². The van der Waals surface area contributed by atoms with Crippen LogP contribution in [-0.4, -0.2) is 45.1 Å². The lowest BCUT2D eigenvalue weighted by molar-refractivity contribution is -0.306. The largest absolute Gasteiger partial charge is 0.386 e. The molecule has 1 N–H and O–H groups in total. The zero-order valence-corrected chi connectivity index (χ0v) is 20.0. The molecule has 1 heterocycles. The second-order valence-corrected chi connectivity index (χ2v) is 14.4. The molecule has 1 saturated heterocycles. The minimum Gasteiger partial charge on any atom is -0.386 e. The number of hydrogen-bond donors (Lipinski definition) is 1. The molecule has 1 fully saturated rings. The van der Waals surface area contributed by atoms with Crippen LogP contribution in [0, 0.1) is 5.92 Å². The second kappa shape index (κ2) is 10.5. The maximum absolute atomic E-state index is 11.6. The zero-order valence-electron chi connectivity index (χ0n) is 19.0. The van der Waals surface area contributed by atoms with Crippen molar-refractivity contribution < 1.29 is 19.0 Å². The molecule has 0 radical (unpaired) electrons. The Morgan fingerprint density at radius 1 is 1.19 bits per heavy atom. The van der Waals surface area contributed by atoms with E-state index in [1.165, 1.54) is 32.1 Å². The molecule has 27 heavy (non-hydrogen) atoms. The first-order valence-electron chi connectivity index (χ1n) is 10.7. The molecule has 1 rings (SSSR count). The van der Waals surface area contributed by atoms with Gasteiger partial charge in [-0.1, -0.05) is 72.5 Å². The second-order valence-electron chi connectivity index (χ2n) is 9.63. The molecule has 0 aromatic carbocycles. The van der Waals surface area contributed by atoms with E-state index in [4.69, 9.17) is 13.9 Å². The summed E-state index contributed by atoms with van der Waals surface area (Å²) in [6.45, 7) is 15.7. The van der Waals surface area contributed by atoms with E-state index in [1.807, 2.05) is 13.0 Å². The van der Waals surface area contributed by atoms with Gasteiger partial charge in [0, 0.05) is 13.0 Å². The van der Waals surface area contributed by atoms with Crippen molar-refractivity contribution in [3.63, 3.8) is 0 Å². The van der Waals surface area contributed by atoms with E-state index in [0.29, 0.717) is 6.61 Å². The van der Waals surface area contributed by atoms with E-state index in [1.54, 1.807) is 7.11 Å². The lowest BCUT2D eigenvalue weighted by Crippen LogP contribution is -2.66. The molecule has 0 aromatic heterocycles. The molecular formula is C22H44O4Si. The highest BCUT2D eigenvalue weighted by atomic mass is 28.4. The Kier molecular flexibility index (Phi) is 9.69. The topological polar surface area (TPSA) is 47.9 Å². The van der Waals surface area contributed by atoms with Gasteiger partial charge in [-0.25, -0.2) is 0 Å². The molecule has 0 bridgehead atoms. The van der Waals surface area contributed by atoms with Crippen molar-refractivity contribution in [2.45, 2.75) is 109 Å². The molecule has 5 heteroatoms. The summed E-state index contributed by atoms with van der Waals surface area (Å²) in [7, 11) is -0.554. The van der Waals surface area contributed by atoms with Crippen molar-refractivity contribution >= 4 is 8.32 Å². The summed E-state index contributed by atoms with van der Waals surface area (Å²) in [5, 5.41) is 11.6. The van der Waals surface area contributed by atoms with Gasteiger partial charge in [0.05, 0.1) is 6.61 Å². The average Bonchev–Trinajstić information content (AvgIpc) is 2.54. The van der Waals surface area contributed by atoms with Crippen LogP contribution in [-0.2, 0) is 13.9 Å². The van der Waals surface area contributed by atoms with Crippen molar-refractivity contribution in [3.8, 4) is 0 Å². The molecule has 0 aromatic rings. The summed E-state index contributed by atoms with van der Waals surface area (Å²) in [4.78, 5) is 0. The first-order valence-corrected chi connectivity index (χ1v) is 13.6. The molecule has 0 aliphatic carbocycles. The molecular weight excluding hydrogens is 356 g/mol. The first kappa shape index (κ1) is 24.8. The predicted octanol–water partition coefficient (Wildman–Crippen LogP) is 5.66. The predicted molar refractivity (Wildman–Crippen MR) is 115 cm³/mol. The molecule has 1 aliphatic rings. The van der Waals surface area contributed by atoms with Crippen LogP contribution in [0.1, 0.15) is 73.1 Å². The molecule has 0 spiro atoms. The number of ether oxygens (including phenoxy) is 2. The van der Waals surface area contributed by atoms with E-state index >= 15 is 0 Å². The van der Waals surface area contributed by atoms with Crippen molar-refractivity contribution in [2.75, 3.05) is 13.7 Å². The van der Waals surface area contributed by atoms with Gasteiger partial charge in [-0.05, 0) is 31.0 Å². The summed E-state index contributed by atoms with van der Waals surface area (Å²) in [6, 6.07) is 0. The van der Waals surface area contributed by atoms with Crippen LogP contribution < -0.4 is 0 Å². The normalized spacial score (nSPS) is 30.2. The van der Waals surface area contributed by atoms with Gasteiger partial charge in [0.25, 0.3) is 0 Å². The minimum atomic E-state index is -2.21. The monoisotopic (exact) mass is 400 g/mol. The van der Waals surface area contributed by atoms with Gasteiger partial charge in [0.15, 0.2) is 8.32 Å². The van der Waals surface area contributed by atoms with E-state index in [-0.39, 0.29) is 11.0 Å². The minimum absolute atomic E-state index is 0.00471. The number of aliphatic hydroxyl groups is 1. The Bertz CT molecular complexity index is 458. The fourth-order valence-corrected chi connectivity index (χ4v) is 4.75. The summed E-state index contributed by atoms with van der Waals surface area (Å²) >= 11 is 0. The van der Waals surface area contributed by atoms with Gasteiger partial charge < -0.3 is 19.0 Å². The Morgan fingerprint density at radius 2 is 1.81 bits per heavy atom. The van der Waals surface area contributed by atoms with Crippen molar-refractivity contribution in [1.29, 1.82) is 0 Å². The van der Waals surface area contributed by atoms with Crippen LogP contribution in [0.3, 0.4) is 0 Å². The summed E-state index contributed by atoms with van der Waals surface area (Å²) in [6.07, 6.45) is 10.5. The third-order valence-electron chi connectivity index (χ3n) is 6.13. The van der Waals surface area contributed by atoms with Crippen LogP contribution >= 0.6 is 0 Å². The van der Waals surface area contributed by atoms with Gasteiger partial charge in [-0.2, -0.15) is 0 Å². The lowest BCUT2D eigenvalue weighted by atomic mass is 9.90. The van der Waals surface area contributed by atoms with Crippen molar-refractivity contribution in [3.05, 3.63) is 12.2 Å². The quantitative estimate of drug-likeness (QED) is 0.222. The fourth-order valence-electron chi connectivity index (χ4n) is 3.39. The molecule has 0 saturated carbocycles. The smallest absolute Gasteiger partial charge is 0.214 e. The average molecular weight is 401 g/mol. The van der Waals surface area contributed by atoms with E-state index < -0.39 is 26.3 Å². The van der Waals surface area contributed by atoms with Gasteiger partial charge >= 0.3 is 0 Å². The van der Waals surface area contributed by atoms with Crippen LogP contribution in [0.5, 0.6) is 0 Å². The van der Waals surface area contributed by atoms with E-state index in [0.717, 1.165) is 6.42 Å². The Labute approximate surface area is 168 Å². The van der Waals surface area contributed by atoms with Crippen LogP contribution in [0.25, 0.3) is 0 Å². The number of methoxy groups -OCH3 is 1. The van der Waals surface area contributed by atoms with Gasteiger partial charge in [0.2, 0.25) is 5.79 Å². The Balaban J connectivity index is 2.89. The molecule has 160 valence electrons. The number of allylic oxidation sites excluding steroid dienone is 1. The molecule has 0 amide bonds. The van der Waals surface area contributed by atoms with Crippen molar-refractivity contribution in [2.24, 2.45) is 5.92 Å². The Morgan fingerprint density at radius 3 is 2.37 bits per heavy atom. The summed E-state index contributed by atoms with van der Waals surface area (Å²) in [5.74, 6) is -1.38. The molecule has 0 unspecified atom stereocenters. The van der Waals surface area contributed by atoms with Crippen molar-refractivity contribution in [1.82, 2.24) is 0 Å². The molecule has 4 nitrogen and oxygen atoms in total. The summed E-state index contributed by atoms with van der Waals surface area (Å²) in [5.41, 5.74) is 0. The molecule has 4 atom stereocenters. The third-order valence-corrected chi connectivity index (χ3v) is 10.6. The highest BCUT2D eigenvalue weighted by Crippen LogP contribution is 2.43. The van der Waals surface area contributed by atoms with Crippen LogP contribution in [0.15, 0.2) is 12.2 Å². The first-order chi connectivity index (χ1) is 12.5. The lowest BCUT2D eigenvalue weighted by Gasteiger charge is -2.51. The van der Waals surface area contributed by atoms with E-state index in [2.05, 4.69) is 46.9 Å². The van der Waals surface area contributed by atoms with Crippen LogP contribution in [0.4, 0.5) is 0 Å². The van der Waals surface area contributed by atoms with Gasteiger partial charge in [-0.3, -0.25) is 0 Å². The maximum atomic E-state index is 11.6. The van der Waals surface area contributed by atoms with Crippen LogP contribution in [0.2, 0.25) is 18.1 Å². The SMILES string of the molecule is CCCCCCC/C=C\[C@@H]1OC[C@H](C)[C@H](OC)[C@@]1(O)O[Si](C)(C)C(C)(C)C. The van der Waals surface area contributed by atoms with E-state index in [9.17, 15) is 5.11 Å².